The lowest BCUT2D eigenvalue weighted by molar-refractivity contribution is 0.0297. The van der Waals surface area contributed by atoms with Gasteiger partial charge in [0, 0.05) is 36.8 Å². The van der Waals surface area contributed by atoms with Gasteiger partial charge in [0.05, 0.1) is 25.5 Å². The van der Waals surface area contributed by atoms with Crippen LogP contribution in [0.4, 0.5) is 10.1 Å². The maximum absolute atomic E-state index is 13.6. The molecule has 1 aliphatic heterocycles. The summed E-state index contributed by atoms with van der Waals surface area (Å²) in [4.78, 5) is 14.6. The summed E-state index contributed by atoms with van der Waals surface area (Å²) in [5.41, 5.74) is 0.102. The van der Waals surface area contributed by atoms with E-state index in [1.54, 1.807) is 0 Å². The molecule has 0 saturated carbocycles. The highest BCUT2D eigenvalue weighted by Crippen LogP contribution is 2.42. The van der Waals surface area contributed by atoms with E-state index in [1.165, 1.54) is 18.2 Å². The molecule has 198 valence electrons. The molecular weight excluding hydrogens is 547 g/mol. The number of benzene rings is 2. The largest absolute Gasteiger partial charge is 0.507 e. The Labute approximate surface area is 222 Å². The summed E-state index contributed by atoms with van der Waals surface area (Å²) in [7, 11) is -4.16. The van der Waals surface area contributed by atoms with Crippen molar-refractivity contribution in [3.63, 3.8) is 0 Å². The van der Waals surface area contributed by atoms with Crippen molar-refractivity contribution in [3.05, 3.63) is 58.2 Å². The molecule has 0 radical (unpaired) electrons. The molecule has 3 aromatic rings. The molecule has 0 amide bonds. The zero-order chi connectivity index (χ0) is 26.6. The summed E-state index contributed by atoms with van der Waals surface area (Å²) in [5, 5.41) is 20.3. The maximum Gasteiger partial charge on any atom is 0.341 e. The van der Waals surface area contributed by atoms with Crippen molar-refractivity contribution in [1.29, 1.82) is 0 Å². The van der Waals surface area contributed by atoms with Gasteiger partial charge >= 0.3 is 5.97 Å². The normalized spacial score (nSPS) is 14.4. The van der Waals surface area contributed by atoms with E-state index in [0.29, 0.717) is 19.6 Å². The van der Waals surface area contributed by atoms with Crippen molar-refractivity contribution in [2.24, 2.45) is 0 Å². The smallest absolute Gasteiger partial charge is 0.341 e. The van der Waals surface area contributed by atoms with Crippen LogP contribution >= 0.6 is 22.9 Å². The molecule has 3 N–H and O–H groups in total. The monoisotopic (exact) mass is 570 g/mol. The van der Waals surface area contributed by atoms with Crippen LogP contribution in [0.15, 0.2) is 46.7 Å². The predicted octanol–water partition coefficient (Wildman–Crippen LogP) is 4.30. The van der Waals surface area contributed by atoms with Gasteiger partial charge < -0.3 is 19.7 Å². The second kappa shape index (κ2) is 11.7. The molecule has 37 heavy (non-hydrogen) atoms. The summed E-state index contributed by atoms with van der Waals surface area (Å²) in [5.74, 6) is -2.05. The first-order chi connectivity index (χ1) is 17.6. The van der Waals surface area contributed by atoms with Crippen molar-refractivity contribution in [3.8, 4) is 22.6 Å². The van der Waals surface area contributed by atoms with Crippen LogP contribution in [-0.2, 0) is 19.5 Å². The molecule has 4 rings (SSSR count). The van der Waals surface area contributed by atoms with E-state index in [9.17, 15) is 27.8 Å². The third-order valence-corrected chi connectivity index (χ3v) is 8.82. The lowest BCUT2D eigenvalue weighted by Crippen LogP contribution is -2.37. The van der Waals surface area contributed by atoms with Crippen molar-refractivity contribution < 1.29 is 37.3 Å². The number of halogens is 2. The second-order valence-corrected chi connectivity index (χ2v) is 11.8. The molecule has 0 atom stereocenters. The van der Waals surface area contributed by atoms with Crippen LogP contribution in [0.3, 0.4) is 0 Å². The van der Waals surface area contributed by atoms with Crippen LogP contribution in [0.1, 0.15) is 16.8 Å². The number of hydrogen-bond donors (Lipinski definition) is 3. The van der Waals surface area contributed by atoms with E-state index in [-0.39, 0.29) is 43.3 Å². The van der Waals surface area contributed by atoms with Crippen LogP contribution in [0.5, 0.6) is 11.5 Å². The highest BCUT2D eigenvalue weighted by atomic mass is 35.5. The van der Waals surface area contributed by atoms with Crippen LogP contribution < -0.4 is 4.72 Å². The number of nitrogens with one attached hydrogen (secondary N) is 1. The van der Waals surface area contributed by atoms with Crippen molar-refractivity contribution in [1.82, 2.24) is 4.90 Å². The topological polar surface area (TPSA) is 125 Å². The van der Waals surface area contributed by atoms with Gasteiger partial charge in [-0.05, 0) is 42.8 Å². The van der Waals surface area contributed by atoms with Gasteiger partial charge in [0.25, 0.3) is 10.0 Å². The van der Waals surface area contributed by atoms with E-state index >= 15 is 0 Å². The summed E-state index contributed by atoms with van der Waals surface area (Å²) in [6, 6.07) is 8.14. The van der Waals surface area contributed by atoms with Crippen molar-refractivity contribution >= 4 is 44.6 Å². The molecule has 0 aliphatic carbocycles. The Kier molecular flexibility index (Phi) is 8.55. The number of anilines is 1. The third kappa shape index (κ3) is 6.70. The van der Waals surface area contributed by atoms with Gasteiger partial charge in [0.2, 0.25) is 0 Å². The average molecular weight is 571 g/mol. The minimum absolute atomic E-state index is 0.000965. The number of nitrogens with zero attached hydrogens (tertiary/aromatic N) is 1. The zero-order valence-corrected chi connectivity index (χ0v) is 21.8. The number of rotatable bonds is 9. The number of thiophene rings is 1. The van der Waals surface area contributed by atoms with Gasteiger partial charge in [-0.3, -0.25) is 9.62 Å². The Morgan fingerprint density at radius 2 is 1.86 bits per heavy atom. The number of phenols is 2. The Morgan fingerprint density at radius 3 is 2.59 bits per heavy atom. The molecule has 2 aromatic carbocycles. The number of morpholine rings is 1. The molecule has 2 heterocycles. The number of esters is 1. The molecule has 0 bridgehead atoms. The number of ether oxygens (including phenoxy) is 2. The van der Waals surface area contributed by atoms with Gasteiger partial charge in [-0.1, -0.05) is 11.6 Å². The first kappa shape index (κ1) is 27.1. The Hall–Kier alpha value is -2.90. The maximum atomic E-state index is 13.6. The molecule has 1 aliphatic rings. The van der Waals surface area contributed by atoms with Crippen LogP contribution in [0.25, 0.3) is 11.1 Å². The first-order valence-electron chi connectivity index (χ1n) is 11.3. The van der Waals surface area contributed by atoms with Gasteiger partial charge in [0.1, 0.15) is 31.4 Å². The molecule has 9 nitrogen and oxygen atoms in total. The van der Waals surface area contributed by atoms with Crippen LogP contribution in [-0.4, -0.2) is 69.0 Å². The lowest BCUT2D eigenvalue weighted by atomic mass is 10.1. The minimum Gasteiger partial charge on any atom is -0.507 e. The van der Waals surface area contributed by atoms with Gasteiger partial charge in [-0.15, -0.1) is 11.3 Å². The SMILES string of the molecule is O=C(OCCCN1CCOCC1)c1ccc(NS(=O)(=O)c2cc(-c3cc(F)ccc3O)c(Cl)s2)cc1O. The standard InChI is InChI=1S/C24H24ClFN2O7S2/c25-23-19(18-12-15(26)2-5-20(18)29)14-22(36-23)37(32,33)27-16-3-4-17(21(30)13-16)24(31)35-9-1-6-28-7-10-34-11-8-28/h2-5,12-14,27,29-30H,1,6-11H2. The molecule has 0 unspecified atom stereocenters. The Bertz CT molecular complexity index is 1390. The molecular formula is C24H24ClFN2O7S2. The van der Waals surface area contributed by atoms with Crippen molar-refractivity contribution in [2.75, 3.05) is 44.2 Å². The summed E-state index contributed by atoms with van der Waals surface area (Å²) >= 11 is 6.90. The predicted molar refractivity (Wildman–Crippen MR) is 137 cm³/mol. The first-order valence-corrected chi connectivity index (χ1v) is 13.9. The number of aromatic hydroxyl groups is 2. The average Bonchev–Trinajstić information content (AvgIpc) is 3.26. The molecule has 1 fully saturated rings. The quantitative estimate of drug-likeness (QED) is 0.257. The van der Waals surface area contributed by atoms with Gasteiger partial charge in [-0.25, -0.2) is 17.6 Å². The summed E-state index contributed by atoms with van der Waals surface area (Å²) in [6.07, 6.45) is 0.628. The van der Waals surface area contributed by atoms with E-state index in [2.05, 4.69) is 9.62 Å². The molecule has 1 aromatic heterocycles. The minimum atomic E-state index is -4.16. The Morgan fingerprint density at radius 1 is 1.11 bits per heavy atom. The number of carbonyl (C=O) groups is 1. The summed E-state index contributed by atoms with van der Waals surface area (Å²) < 4.78 is 52.1. The van der Waals surface area contributed by atoms with E-state index in [1.807, 2.05) is 0 Å². The van der Waals surface area contributed by atoms with Crippen molar-refractivity contribution in [2.45, 2.75) is 10.6 Å². The number of carbonyl (C=O) groups excluding carboxylic acids is 1. The van der Waals surface area contributed by atoms with Gasteiger partial charge in [0.15, 0.2) is 0 Å². The molecule has 0 spiro atoms. The fraction of sp³-hybridized carbons (Fsp3) is 0.292. The fourth-order valence-electron chi connectivity index (χ4n) is 3.72. The van der Waals surface area contributed by atoms with E-state index < -0.39 is 27.6 Å². The Balaban J connectivity index is 1.40. The molecule has 1 saturated heterocycles. The van der Waals surface area contributed by atoms with Gasteiger partial charge in [-0.2, -0.15) is 0 Å². The van der Waals surface area contributed by atoms with Crippen LogP contribution in [0.2, 0.25) is 4.34 Å². The van der Waals surface area contributed by atoms with E-state index in [4.69, 9.17) is 21.1 Å². The number of phenolic OH excluding ortho intramolecular Hbond substituents is 2. The number of hydrogen-bond acceptors (Lipinski definition) is 9. The lowest BCUT2D eigenvalue weighted by Gasteiger charge is -2.26. The number of sulfonamides is 1. The van der Waals surface area contributed by atoms with Crippen LogP contribution in [0, 0.1) is 5.82 Å². The highest BCUT2D eigenvalue weighted by molar-refractivity contribution is 7.94. The summed E-state index contributed by atoms with van der Waals surface area (Å²) in [6.45, 7) is 3.96. The van der Waals surface area contributed by atoms with E-state index in [0.717, 1.165) is 55.2 Å². The molecule has 13 heteroatoms. The zero-order valence-electron chi connectivity index (χ0n) is 19.4. The second-order valence-electron chi connectivity index (χ2n) is 8.20. The fourth-order valence-corrected chi connectivity index (χ4v) is 6.52. The third-order valence-electron chi connectivity index (χ3n) is 5.60. The highest BCUT2D eigenvalue weighted by Gasteiger charge is 2.23.